The Labute approximate surface area is 239 Å². The summed E-state index contributed by atoms with van der Waals surface area (Å²) in [5, 5.41) is 2.52. The van der Waals surface area contributed by atoms with Gasteiger partial charge >= 0.3 is 12.2 Å². The number of aryl methyl sites for hydroxylation is 1. The monoisotopic (exact) mass is 589 g/mol. The summed E-state index contributed by atoms with van der Waals surface area (Å²) >= 11 is 0. The van der Waals surface area contributed by atoms with E-state index in [1.54, 1.807) is 55.5 Å². The zero-order valence-corrected chi connectivity index (χ0v) is 22.8. The van der Waals surface area contributed by atoms with E-state index in [0.717, 1.165) is 17.8 Å². The summed E-state index contributed by atoms with van der Waals surface area (Å²) < 4.78 is 68.8. The van der Waals surface area contributed by atoms with Gasteiger partial charge in [0.15, 0.2) is 5.78 Å². The molecule has 2 amide bonds. The van der Waals surface area contributed by atoms with Crippen molar-refractivity contribution in [2.45, 2.75) is 18.0 Å². The molecule has 0 aliphatic rings. The predicted molar refractivity (Wildman–Crippen MR) is 153 cm³/mol. The number of nitrogens with zero attached hydrogens (tertiary/aromatic N) is 1. The number of carbonyl (C=O) groups excluding carboxylic acids is 2. The number of pyridine rings is 1. The van der Waals surface area contributed by atoms with Gasteiger partial charge in [-0.15, -0.1) is 0 Å². The van der Waals surface area contributed by atoms with Crippen LogP contribution in [0.15, 0.2) is 108 Å². The Morgan fingerprint density at radius 1 is 0.833 bits per heavy atom. The molecule has 0 saturated heterocycles. The highest BCUT2D eigenvalue weighted by molar-refractivity contribution is 7.90. The van der Waals surface area contributed by atoms with Crippen LogP contribution in [0.5, 0.6) is 0 Å². The summed E-state index contributed by atoms with van der Waals surface area (Å²) in [5.41, 5.74) is 0.514. The number of carbonyl (C=O) groups is 2. The summed E-state index contributed by atoms with van der Waals surface area (Å²) in [4.78, 5) is 30.1. The smallest absolute Gasteiger partial charge is 0.307 e. The van der Waals surface area contributed by atoms with Crippen molar-refractivity contribution in [2.75, 3.05) is 5.32 Å². The van der Waals surface area contributed by atoms with Crippen LogP contribution in [-0.2, 0) is 16.2 Å². The Hall–Kier alpha value is -5.03. The highest BCUT2D eigenvalue weighted by Gasteiger charge is 2.34. The molecule has 5 aromatic rings. The first-order chi connectivity index (χ1) is 19.9. The van der Waals surface area contributed by atoms with Crippen LogP contribution >= 0.6 is 0 Å². The Morgan fingerprint density at radius 3 is 2.21 bits per heavy atom. The van der Waals surface area contributed by atoms with E-state index in [0.29, 0.717) is 11.1 Å². The maximum absolute atomic E-state index is 13.9. The second-order valence-electron chi connectivity index (χ2n) is 9.40. The molecule has 0 radical (unpaired) electrons. The van der Waals surface area contributed by atoms with Crippen molar-refractivity contribution in [2.24, 2.45) is 0 Å². The lowest BCUT2D eigenvalue weighted by Gasteiger charge is -2.16. The second-order valence-corrected chi connectivity index (χ2v) is 11.1. The number of anilines is 1. The lowest BCUT2D eigenvalue weighted by Crippen LogP contribution is -2.34. The first-order valence-corrected chi connectivity index (χ1v) is 14.0. The number of amides is 2. The van der Waals surface area contributed by atoms with Crippen molar-refractivity contribution < 1.29 is 31.2 Å². The molecule has 212 valence electrons. The number of hydrogen-bond acceptors (Lipinski definition) is 5. The van der Waals surface area contributed by atoms with Crippen LogP contribution in [0.25, 0.3) is 22.0 Å². The fourth-order valence-corrected chi connectivity index (χ4v) is 5.39. The molecule has 0 saturated carbocycles. The van der Waals surface area contributed by atoms with E-state index < -0.39 is 33.6 Å². The standard InChI is InChI=1S/C31H22F3N3O4S/c1-19-13-15-23(16-14-19)42(40,41)37-30(39)36-22-10-5-9-21(17-22)27-24-11-6-12-26(31(32,33)34)28(24)35-18-25(27)29(38)20-7-3-2-4-8-20/h2-18H,1H3,(H2,36,37,39). The van der Waals surface area contributed by atoms with E-state index in [1.807, 2.05) is 4.72 Å². The first-order valence-electron chi connectivity index (χ1n) is 12.5. The Morgan fingerprint density at radius 2 is 1.52 bits per heavy atom. The quantitative estimate of drug-likeness (QED) is 0.208. The SMILES string of the molecule is Cc1ccc(S(=O)(=O)NC(=O)Nc2cccc(-c3c(C(=O)c4ccccc4)cnc4c(C(F)(F)F)cccc34)c2)cc1. The normalized spacial score (nSPS) is 11.7. The zero-order chi connectivity index (χ0) is 30.1. The lowest BCUT2D eigenvalue weighted by molar-refractivity contribution is -0.136. The second kappa shape index (κ2) is 11.1. The Kier molecular flexibility index (Phi) is 7.53. The van der Waals surface area contributed by atoms with Gasteiger partial charge in [-0.3, -0.25) is 9.78 Å². The fourth-order valence-electron chi connectivity index (χ4n) is 4.49. The van der Waals surface area contributed by atoms with Gasteiger partial charge in [-0.2, -0.15) is 13.2 Å². The molecule has 0 atom stereocenters. The van der Waals surface area contributed by atoms with Crippen molar-refractivity contribution in [3.63, 3.8) is 0 Å². The van der Waals surface area contributed by atoms with Gasteiger partial charge in [0.05, 0.1) is 16.0 Å². The van der Waals surface area contributed by atoms with Crippen LogP contribution in [0.4, 0.5) is 23.7 Å². The van der Waals surface area contributed by atoms with Crippen LogP contribution in [-0.4, -0.2) is 25.2 Å². The molecule has 0 spiro atoms. The summed E-state index contributed by atoms with van der Waals surface area (Å²) in [6, 6.07) is 22.7. The number of benzene rings is 4. The number of alkyl halides is 3. The third-order valence-corrected chi connectivity index (χ3v) is 7.80. The minimum atomic E-state index is -4.70. The minimum absolute atomic E-state index is 0.0524. The Bertz CT molecular complexity index is 1930. The first kappa shape index (κ1) is 28.5. The van der Waals surface area contributed by atoms with Gasteiger partial charge in [0.2, 0.25) is 0 Å². The van der Waals surface area contributed by atoms with Crippen molar-refractivity contribution in [3.8, 4) is 11.1 Å². The van der Waals surface area contributed by atoms with Crippen LogP contribution in [0, 0.1) is 6.92 Å². The number of urea groups is 1. The van der Waals surface area contributed by atoms with Crippen molar-refractivity contribution >= 4 is 38.4 Å². The molecule has 1 aromatic heterocycles. The topological polar surface area (TPSA) is 105 Å². The molecule has 0 aliphatic carbocycles. The maximum Gasteiger partial charge on any atom is 0.418 e. The summed E-state index contributed by atoms with van der Waals surface area (Å²) in [7, 11) is -4.18. The van der Waals surface area contributed by atoms with Gasteiger partial charge in [-0.25, -0.2) is 17.9 Å². The van der Waals surface area contributed by atoms with E-state index in [9.17, 15) is 31.2 Å². The summed E-state index contributed by atoms with van der Waals surface area (Å²) in [6.07, 6.45) is -3.58. The molecule has 7 nitrogen and oxygen atoms in total. The van der Waals surface area contributed by atoms with Gasteiger partial charge < -0.3 is 5.32 Å². The molecule has 2 N–H and O–H groups in total. The van der Waals surface area contributed by atoms with Gasteiger partial charge in [0, 0.05) is 34.0 Å². The molecule has 0 aliphatic heterocycles. The van der Waals surface area contributed by atoms with E-state index in [4.69, 9.17) is 0 Å². The fraction of sp³-hybridized carbons (Fsp3) is 0.0645. The molecule has 0 bridgehead atoms. The van der Waals surface area contributed by atoms with Crippen LogP contribution in [0.2, 0.25) is 0 Å². The highest BCUT2D eigenvalue weighted by Crippen LogP contribution is 2.39. The average Bonchev–Trinajstić information content (AvgIpc) is 2.95. The molecule has 0 fully saturated rings. The Balaban J connectivity index is 1.57. The van der Waals surface area contributed by atoms with Crippen molar-refractivity contribution in [1.29, 1.82) is 0 Å². The average molecular weight is 590 g/mol. The molecule has 11 heteroatoms. The predicted octanol–water partition coefficient (Wildman–Crippen LogP) is 6.97. The highest BCUT2D eigenvalue weighted by atomic mass is 32.2. The van der Waals surface area contributed by atoms with Gasteiger partial charge in [0.1, 0.15) is 0 Å². The molecule has 0 unspecified atom stereocenters. The van der Waals surface area contributed by atoms with Gasteiger partial charge in [0.25, 0.3) is 10.0 Å². The van der Waals surface area contributed by atoms with E-state index >= 15 is 0 Å². The molecule has 1 heterocycles. The molecule has 42 heavy (non-hydrogen) atoms. The molecule has 4 aromatic carbocycles. The van der Waals surface area contributed by atoms with Gasteiger partial charge in [-0.1, -0.05) is 72.3 Å². The summed E-state index contributed by atoms with van der Waals surface area (Å²) in [5.74, 6) is -0.460. The van der Waals surface area contributed by atoms with Crippen molar-refractivity contribution in [3.05, 3.63) is 126 Å². The maximum atomic E-state index is 13.9. The molecule has 5 rings (SSSR count). The van der Waals surface area contributed by atoms with E-state index in [-0.39, 0.29) is 32.6 Å². The number of halogens is 3. The number of rotatable bonds is 6. The van der Waals surface area contributed by atoms with Crippen LogP contribution in [0.1, 0.15) is 27.0 Å². The number of para-hydroxylation sites is 1. The van der Waals surface area contributed by atoms with Crippen LogP contribution in [0.3, 0.4) is 0 Å². The minimum Gasteiger partial charge on any atom is -0.307 e. The zero-order valence-electron chi connectivity index (χ0n) is 21.9. The number of fused-ring (bicyclic) bond motifs is 1. The van der Waals surface area contributed by atoms with E-state index in [1.165, 1.54) is 42.5 Å². The molecular weight excluding hydrogens is 567 g/mol. The van der Waals surface area contributed by atoms with E-state index in [2.05, 4.69) is 10.3 Å². The number of sulfonamides is 1. The third kappa shape index (κ3) is 5.86. The molecular formula is C31H22F3N3O4S. The third-order valence-electron chi connectivity index (χ3n) is 6.45. The summed E-state index contributed by atoms with van der Waals surface area (Å²) in [6.45, 7) is 1.79. The number of nitrogens with one attached hydrogen (secondary N) is 2. The number of hydrogen-bond donors (Lipinski definition) is 2. The number of ketones is 1. The number of aromatic nitrogens is 1. The van der Waals surface area contributed by atoms with Crippen molar-refractivity contribution in [1.82, 2.24) is 9.71 Å². The van der Waals surface area contributed by atoms with Gasteiger partial charge in [-0.05, 0) is 42.8 Å². The van der Waals surface area contributed by atoms with Crippen LogP contribution < -0.4 is 10.0 Å². The largest absolute Gasteiger partial charge is 0.418 e. The lowest BCUT2D eigenvalue weighted by atomic mass is 9.91.